The number of rotatable bonds is 4. The normalized spacial score (nSPS) is 11.9. The van der Waals surface area contributed by atoms with Crippen LogP contribution in [0.2, 0.25) is 0 Å². The molecule has 1 heterocycles. The van der Waals surface area contributed by atoms with Crippen molar-refractivity contribution < 1.29 is 4.79 Å². The van der Waals surface area contributed by atoms with Crippen molar-refractivity contribution in [2.45, 2.75) is 26.8 Å². The highest BCUT2D eigenvalue weighted by Gasteiger charge is 2.25. The lowest BCUT2D eigenvalue weighted by molar-refractivity contribution is 0.205. The van der Waals surface area contributed by atoms with Crippen LogP contribution in [0.1, 0.15) is 29.9 Å². The molecule has 1 atom stereocenters. The highest BCUT2D eigenvalue weighted by molar-refractivity contribution is 9.10. The first-order chi connectivity index (χ1) is 15.8. The smallest absolute Gasteiger partial charge is 0.318 e. The molecule has 0 saturated carbocycles. The predicted octanol–water partition coefficient (Wildman–Crippen LogP) is 5.99. The third kappa shape index (κ3) is 4.54. The molecule has 0 saturated heterocycles. The second kappa shape index (κ2) is 9.19. The lowest BCUT2D eigenvalue weighted by atomic mass is 10.1. The molecule has 1 N–H and O–H groups in total. The fourth-order valence-electron chi connectivity index (χ4n) is 3.75. The summed E-state index contributed by atoms with van der Waals surface area (Å²) >= 11 is 3.42. The van der Waals surface area contributed by atoms with E-state index < -0.39 is 6.04 Å². The van der Waals surface area contributed by atoms with Crippen molar-refractivity contribution in [3.8, 4) is 5.69 Å². The molecule has 0 radical (unpaired) electrons. The Balaban J connectivity index is 1.82. The molecule has 0 aliphatic carbocycles. The van der Waals surface area contributed by atoms with Crippen molar-refractivity contribution in [1.82, 2.24) is 14.5 Å². The van der Waals surface area contributed by atoms with Crippen molar-refractivity contribution in [2.75, 3.05) is 12.4 Å². The summed E-state index contributed by atoms with van der Waals surface area (Å²) in [5.41, 5.74) is 3.88. The standard InChI is InChI=1S/C26H25BrN4O2/c1-16-12-13-17(2)23(14-16)31-24(29-22-11-6-5-10-21(22)25(31)32)18(3)30(4)26(33)28-20-9-7-8-19(27)15-20/h5-15,18H,1-4H3,(H,28,33). The van der Waals surface area contributed by atoms with E-state index in [1.54, 1.807) is 22.6 Å². The summed E-state index contributed by atoms with van der Waals surface area (Å²) in [5, 5.41) is 3.44. The number of urea groups is 1. The van der Waals surface area contributed by atoms with Crippen molar-refractivity contribution >= 4 is 38.6 Å². The average molecular weight is 505 g/mol. The number of fused-ring (bicyclic) bond motifs is 1. The van der Waals surface area contributed by atoms with Gasteiger partial charge in [-0.15, -0.1) is 0 Å². The first-order valence-electron chi connectivity index (χ1n) is 10.6. The molecule has 1 unspecified atom stereocenters. The Hall–Kier alpha value is -3.45. The Kier molecular flexibility index (Phi) is 6.33. The van der Waals surface area contributed by atoms with Crippen LogP contribution in [0.25, 0.3) is 16.6 Å². The van der Waals surface area contributed by atoms with Crippen molar-refractivity contribution in [3.05, 3.63) is 98.5 Å². The molecular formula is C26H25BrN4O2. The average Bonchev–Trinajstić information content (AvgIpc) is 2.80. The molecule has 0 aliphatic rings. The van der Waals surface area contributed by atoms with Crippen molar-refractivity contribution in [1.29, 1.82) is 0 Å². The van der Waals surface area contributed by atoms with Gasteiger partial charge in [0, 0.05) is 17.2 Å². The van der Waals surface area contributed by atoms with E-state index in [1.165, 1.54) is 0 Å². The van der Waals surface area contributed by atoms with Crippen molar-refractivity contribution in [2.24, 2.45) is 0 Å². The number of hydrogen-bond acceptors (Lipinski definition) is 3. The van der Waals surface area contributed by atoms with E-state index in [-0.39, 0.29) is 11.6 Å². The van der Waals surface area contributed by atoms with Gasteiger partial charge in [-0.1, -0.05) is 46.3 Å². The Morgan fingerprint density at radius 1 is 1.06 bits per heavy atom. The SMILES string of the molecule is Cc1ccc(C)c(-n2c(C(C)N(C)C(=O)Nc3cccc(Br)c3)nc3ccccc3c2=O)c1. The molecule has 0 spiro atoms. The van der Waals surface area contributed by atoms with Gasteiger partial charge in [-0.2, -0.15) is 0 Å². The van der Waals surface area contributed by atoms with Gasteiger partial charge in [0.25, 0.3) is 5.56 Å². The Morgan fingerprint density at radius 3 is 2.58 bits per heavy atom. The summed E-state index contributed by atoms with van der Waals surface area (Å²) in [7, 11) is 1.70. The van der Waals surface area contributed by atoms with E-state index in [0.717, 1.165) is 21.3 Å². The highest BCUT2D eigenvalue weighted by Crippen LogP contribution is 2.25. The van der Waals surface area contributed by atoms with Gasteiger partial charge in [0.15, 0.2) is 0 Å². The minimum atomic E-state index is -0.477. The summed E-state index contributed by atoms with van der Waals surface area (Å²) in [6.07, 6.45) is 0. The molecule has 168 valence electrons. The number of nitrogens with zero attached hydrogens (tertiary/aromatic N) is 3. The van der Waals surface area contributed by atoms with Crippen LogP contribution in [0.3, 0.4) is 0 Å². The summed E-state index contributed by atoms with van der Waals surface area (Å²) < 4.78 is 2.51. The van der Waals surface area contributed by atoms with Gasteiger partial charge in [0.2, 0.25) is 0 Å². The minimum Gasteiger partial charge on any atom is -0.318 e. The number of benzene rings is 3. The molecule has 4 aromatic rings. The quantitative estimate of drug-likeness (QED) is 0.371. The minimum absolute atomic E-state index is 0.156. The molecule has 3 aromatic carbocycles. The maximum atomic E-state index is 13.6. The van der Waals surface area contributed by atoms with E-state index >= 15 is 0 Å². The largest absolute Gasteiger partial charge is 0.322 e. The van der Waals surface area contributed by atoms with Gasteiger partial charge >= 0.3 is 6.03 Å². The molecule has 4 rings (SSSR count). The number of aryl methyl sites for hydroxylation is 2. The summed E-state index contributed by atoms with van der Waals surface area (Å²) in [4.78, 5) is 33.1. The summed E-state index contributed by atoms with van der Waals surface area (Å²) in [6, 6.07) is 19.9. The van der Waals surface area contributed by atoms with E-state index in [1.807, 2.05) is 81.4 Å². The second-order valence-electron chi connectivity index (χ2n) is 8.15. The van der Waals surface area contributed by atoms with Crippen LogP contribution >= 0.6 is 15.9 Å². The molecule has 0 fully saturated rings. The fourth-order valence-corrected chi connectivity index (χ4v) is 4.15. The Bertz CT molecular complexity index is 1410. The number of anilines is 1. The third-order valence-corrected chi connectivity index (χ3v) is 6.25. The van der Waals surface area contributed by atoms with Crippen LogP contribution in [0, 0.1) is 13.8 Å². The van der Waals surface area contributed by atoms with E-state index in [4.69, 9.17) is 4.98 Å². The monoisotopic (exact) mass is 504 g/mol. The van der Waals surface area contributed by atoms with Crippen LogP contribution in [0.15, 0.2) is 76.0 Å². The zero-order valence-corrected chi connectivity index (χ0v) is 20.6. The van der Waals surface area contributed by atoms with Crippen LogP contribution < -0.4 is 10.9 Å². The molecule has 6 nitrogen and oxygen atoms in total. The van der Waals surface area contributed by atoms with Crippen molar-refractivity contribution in [3.63, 3.8) is 0 Å². The van der Waals surface area contributed by atoms with Gasteiger partial charge in [0.1, 0.15) is 5.82 Å². The van der Waals surface area contributed by atoms with Gasteiger partial charge in [-0.05, 0) is 68.3 Å². The number of halogens is 1. The van der Waals surface area contributed by atoms with E-state index in [2.05, 4.69) is 21.2 Å². The first kappa shape index (κ1) is 22.7. The predicted molar refractivity (Wildman–Crippen MR) is 136 cm³/mol. The van der Waals surface area contributed by atoms with Crippen LogP contribution in [-0.2, 0) is 0 Å². The molecule has 33 heavy (non-hydrogen) atoms. The van der Waals surface area contributed by atoms with Crippen LogP contribution in [0.4, 0.5) is 10.5 Å². The number of nitrogens with one attached hydrogen (secondary N) is 1. The van der Waals surface area contributed by atoms with Gasteiger partial charge in [-0.25, -0.2) is 9.78 Å². The topological polar surface area (TPSA) is 67.2 Å². The Labute approximate surface area is 201 Å². The second-order valence-corrected chi connectivity index (χ2v) is 9.06. The molecule has 2 amide bonds. The number of amides is 2. The maximum absolute atomic E-state index is 13.6. The first-order valence-corrected chi connectivity index (χ1v) is 11.4. The molecule has 0 aliphatic heterocycles. The zero-order chi connectivity index (χ0) is 23.7. The summed E-state index contributed by atoms with van der Waals surface area (Å²) in [6.45, 7) is 5.83. The highest BCUT2D eigenvalue weighted by atomic mass is 79.9. The van der Waals surface area contributed by atoms with Gasteiger partial charge in [-0.3, -0.25) is 9.36 Å². The number of aromatic nitrogens is 2. The molecule has 0 bridgehead atoms. The van der Waals surface area contributed by atoms with E-state index in [0.29, 0.717) is 22.4 Å². The van der Waals surface area contributed by atoms with Gasteiger partial charge < -0.3 is 10.2 Å². The molecule has 1 aromatic heterocycles. The van der Waals surface area contributed by atoms with Crippen LogP contribution in [0.5, 0.6) is 0 Å². The number of carbonyl (C=O) groups excluding carboxylic acids is 1. The fraction of sp³-hybridized carbons (Fsp3) is 0.192. The zero-order valence-electron chi connectivity index (χ0n) is 19.0. The molecule has 7 heteroatoms. The Morgan fingerprint density at radius 2 is 1.82 bits per heavy atom. The number of hydrogen-bond donors (Lipinski definition) is 1. The van der Waals surface area contributed by atoms with E-state index in [9.17, 15) is 9.59 Å². The number of carbonyl (C=O) groups is 1. The van der Waals surface area contributed by atoms with Gasteiger partial charge in [0.05, 0.1) is 22.6 Å². The lowest BCUT2D eigenvalue weighted by Crippen LogP contribution is -2.37. The summed E-state index contributed by atoms with van der Waals surface area (Å²) in [5.74, 6) is 0.499. The lowest BCUT2D eigenvalue weighted by Gasteiger charge is -2.27. The number of para-hydroxylation sites is 1. The molecular weight excluding hydrogens is 480 g/mol. The maximum Gasteiger partial charge on any atom is 0.322 e. The van der Waals surface area contributed by atoms with Crippen LogP contribution in [-0.4, -0.2) is 27.5 Å². The third-order valence-electron chi connectivity index (χ3n) is 5.76.